The predicted octanol–water partition coefficient (Wildman–Crippen LogP) is 4.72. The van der Waals surface area contributed by atoms with Crippen molar-refractivity contribution in [2.24, 2.45) is 0 Å². The first-order valence-corrected chi connectivity index (χ1v) is 8.26. The summed E-state index contributed by atoms with van der Waals surface area (Å²) in [7, 11) is 0. The van der Waals surface area contributed by atoms with E-state index in [0.717, 1.165) is 11.4 Å². The Morgan fingerprint density at radius 1 is 0.727 bits per heavy atom. The van der Waals surface area contributed by atoms with Crippen LogP contribution in [-0.2, 0) is 5.41 Å². The van der Waals surface area contributed by atoms with Gasteiger partial charge in [0.2, 0.25) is 0 Å². The van der Waals surface area contributed by atoms with Crippen LogP contribution in [0, 0.1) is 13.8 Å². The molecule has 0 spiro atoms. The largest absolute Gasteiger partial charge is 0.399 e. The molecule has 0 aromatic heterocycles. The summed E-state index contributed by atoms with van der Waals surface area (Å²) in [5.41, 5.74) is 19.2. The smallest absolute Gasteiger partial charge is 0.0316 e. The van der Waals surface area contributed by atoms with Crippen molar-refractivity contribution < 1.29 is 0 Å². The number of aryl methyl sites for hydroxylation is 2. The first-order chi connectivity index (χ1) is 10.5. The molecule has 0 aliphatic heterocycles. The highest BCUT2D eigenvalue weighted by atomic mass is 14.6. The summed E-state index contributed by atoms with van der Waals surface area (Å²) >= 11 is 0. The average Bonchev–Trinajstić information content (AvgIpc) is 2.47. The van der Waals surface area contributed by atoms with E-state index in [9.17, 15) is 0 Å². The summed E-state index contributed by atoms with van der Waals surface area (Å²) in [5, 5.41) is 0. The van der Waals surface area contributed by atoms with Gasteiger partial charge >= 0.3 is 0 Å². The summed E-state index contributed by atoms with van der Waals surface area (Å²) in [5.74, 6) is 0. The summed E-state index contributed by atoms with van der Waals surface area (Å²) in [6.45, 7) is 4.38. The molecular formula is C20H26N2. The van der Waals surface area contributed by atoms with Gasteiger partial charge in [0, 0.05) is 16.8 Å². The third kappa shape index (κ3) is 2.47. The summed E-state index contributed by atoms with van der Waals surface area (Å²) in [6.07, 6.45) is 6.33. The fourth-order valence-electron chi connectivity index (χ4n) is 4.29. The van der Waals surface area contributed by atoms with Crippen LogP contribution in [0.25, 0.3) is 0 Å². The molecule has 0 unspecified atom stereocenters. The molecule has 2 aromatic carbocycles. The van der Waals surface area contributed by atoms with Crippen LogP contribution < -0.4 is 11.5 Å². The number of hydrogen-bond donors (Lipinski definition) is 2. The molecule has 116 valence electrons. The van der Waals surface area contributed by atoms with E-state index in [1.54, 1.807) is 0 Å². The van der Waals surface area contributed by atoms with Gasteiger partial charge in [-0.15, -0.1) is 0 Å². The fourth-order valence-corrected chi connectivity index (χ4v) is 4.29. The first-order valence-electron chi connectivity index (χ1n) is 8.26. The van der Waals surface area contributed by atoms with Crippen molar-refractivity contribution in [2.45, 2.75) is 51.4 Å². The van der Waals surface area contributed by atoms with E-state index in [1.165, 1.54) is 54.4 Å². The topological polar surface area (TPSA) is 52.0 Å². The van der Waals surface area contributed by atoms with Crippen molar-refractivity contribution in [3.63, 3.8) is 0 Å². The van der Waals surface area contributed by atoms with E-state index in [1.807, 2.05) is 12.1 Å². The van der Waals surface area contributed by atoms with Crippen LogP contribution >= 0.6 is 0 Å². The Morgan fingerprint density at radius 2 is 1.18 bits per heavy atom. The maximum atomic E-state index is 5.97. The second kappa shape index (κ2) is 5.68. The molecule has 1 fully saturated rings. The van der Waals surface area contributed by atoms with Gasteiger partial charge in [-0.05, 0) is 73.2 Å². The van der Waals surface area contributed by atoms with E-state index in [2.05, 4.69) is 38.1 Å². The number of nitrogen functional groups attached to an aromatic ring is 2. The lowest BCUT2D eigenvalue weighted by Gasteiger charge is -2.40. The van der Waals surface area contributed by atoms with Crippen LogP contribution in [0.2, 0.25) is 0 Å². The number of nitrogens with two attached hydrogens (primary N) is 2. The number of rotatable bonds is 2. The molecule has 0 atom stereocenters. The molecule has 0 amide bonds. The Balaban J connectivity index is 2.20. The van der Waals surface area contributed by atoms with E-state index in [4.69, 9.17) is 11.5 Å². The Kier molecular flexibility index (Phi) is 3.86. The zero-order valence-electron chi connectivity index (χ0n) is 13.7. The van der Waals surface area contributed by atoms with Gasteiger partial charge < -0.3 is 11.5 Å². The molecule has 2 heteroatoms. The van der Waals surface area contributed by atoms with Crippen molar-refractivity contribution in [1.29, 1.82) is 0 Å². The van der Waals surface area contributed by atoms with E-state index < -0.39 is 0 Å². The van der Waals surface area contributed by atoms with Crippen LogP contribution in [0.4, 0.5) is 11.4 Å². The summed E-state index contributed by atoms with van der Waals surface area (Å²) < 4.78 is 0. The molecule has 2 aromatic rings. The Morgan fingerprint density at radius 3 is 1.59 bits per heavy atom. The third-order valence-electron chi connectivity index (χ3n) is 5.24. The lowest BCUT2D eigenvalue weighted by molar-refractivity contribution is 0.343. The van der Waals surface area contributed by atoms with Crippen molar-refractivity contribution in [2.75, 3.05) is 11.5 Å². The van der Waals surface area contributed by atoms with Crippen molar-refractivity contribution >= 4 is 11.4 Å². The molecule has 1 saturated carbocycles. The molecule has 0 saturated heterocycles. The third-order valence-corrected chi connectivity index (χ3v) is 5.24. The maximum absolute atomic E-state index is 5.97. The number of benzene rings is 2. The van der Waals surface area contributed by atoms with E-state index in [0.29, 0.717) is 0 Å². The highest BCUT2D eigenvalue weighted by Gasteiger charge is 2.37. The van der Waals surface area contributed by atoms with Crippen molar-refractivity contribution in [1.82, 2.24) is 0 Å². The van der Waals surface area contributed by atoms with Gasteiger partial charge in [0.25, 0.3) is 0 Å². The van der Waals surface area contributed by atoms with Gasteiger partial charge in [0.05, 0.1) is 0 Å². The predicted molar refractivity (Wildman–Crippen MR) is 95.0 cm³/mol. The van der Waals surface area contributed by atoms with Gasteiger partial charge in [-0.2, -0.15) is 0 Å². The zero-order valence-corrected chi connectivity index (χ0v) is 13.7. The van der Waals surface area contributed by atoms with Crippen LogP contribution in [0.1, 0.15) is 54.4 Å². The lowest BCUT2D eigenvalue weighted by atomic mass is 9.63. The van der Waals surface area contributed by atoms with Crippen LogP contribution in [-0.4, -0.2) is 0 Å². The van der Waals surface area contributed by atoms with Gasteiger partial charge in [-0.1, -0.05) is 31.4 Å². The molecule has 1 aliphatic rings. The fraction of sp³-hybridized carbons (Fsp3) is 0.400. The summed E-state index contributed by atoms with van der Waals surface area (Å²) in [6, 6.07) is 12.8. The SMILES string of the molecule is Cc1cc(N)ccc1C1(c2ccc(N)cc2C)CCCCC1. The average molecular weight is 294 g/mol. The van der Waals surface area contributed by atoms with Crippen molar-refractivity contribution in [3.05, 3.63) is 58.7 Å². The molecular weight excluding hydrogens is 268 g/mol. The highest BCUT2D eigenvalue weighted by molar-refractivity contribution is 5.54. The number of anilines is 2. The number of hydrogen-bond acceptors (Lipinski definition) is 2. The lowest BCUT2D eigenvalue weighted by Crippen LogP contribution is -2.32. The molecule has 2 nitrogen and oxygen atoms in total. The summed E-state index contributed by atoms with van der Waals surface area (Å²) in [4.78, 5) is 0. The molecule has 0 heterocycles. The molecule has 1 aliphatic carbocycles. The minimum Gasteiger partial charge on any atom is -0.399 e. The highest BCUT2D eigenvalue weighted by Crippen LogP contribution is 2.47. The minimum absolute atomic E-state index is 0.119. The van der Waals surface area contributed by atoms with Crippen LogP contribution in [0.3, 0.4) is 0 Å². The molecule has 3 rings (SSSR count). The first kappa shape index (κ1) is 15.0. The van der Waals surface area contributed by atoms with E-state index in [-0.39, 0.29) is 5.41 Å². The Bertz CT molecular complexity index is 629. The molecule has 0 bridgehead atoms. The molecule has 22 heavy (non-hydrogen) atoms. The standard InChI is InChI=1S/C20H26N2/c1-14-12-16(21)6-8-18(14)20(10-4-3-5-11-20)19-9-7-17(22)13-15(19)2/h6-9,12-13H,3-5,10-11,21-22H2,1-2H3. The van der Waals surface area contributed by atoms with Gasteiger partial charge in [-0.3, -0.25) is 0 Å². The van der Waals surface area contributed by atoms with Gasteiger partial charge in [0.1, 0.15) is 0 Å². The van der Waals surface area contributed by atoms with Crippen LogP contribution in [0.5, 0.6) is 0 Å². The second-order valence-electron chi connectivity index (χ2n) is 6.79. The Hall–Kier alpha value is -1.96. The maximum Gasteiger partial charge on any atom is 0.0316 e. The normalized spacial score (nSPS) is 17.4. The van der Waals surface area contributed by atoms with Crippen molar-refractivity contribution in [3.8, 4) is 0 Å². The minimum atomic E-state index is 0.119. The second-order valence-corrected chi connectivity index (χ2v) is 6.79. The Labute approximate surface area is 133 Å². The molecule has 0 radical (unpaired) electrons. The van der Waals surface area contributed by atoms with Gasteiger partial charge in [-0.25, -0.2) is 0 Å². The molecule has 4 N–H and O–H groups in total. The van der Waals surface area contributed by atoms with Crippen LogP contribution in [0.15, 0.2) is 36.4 Å². The van der Waals surface area contributed by atoms with E-state index >= 15 is 0 Å². The quantitative estimate of drug-likeness (QED) is 0.787. The monoisotopic (exact) mass is 294 g/mol. The van der Waals surface area contributed by atoms with Gasteiger partial charge in [0.15, 0.2) is 0 Å². The zero-order chi connectivity index (χ0) is 15.7.